The number of esters is 1. The van der Waals surface area contributed by atoms with Crippen molar-refractivity contribution in [3.63, 3.8) is 0 Å². The average Bonchev–Trinajstić information content (AvgIpc) is 3.14. The molecule has 0 radical (unpaired) electrons. The molecule has 2 aliphatic carbocycles. The molecule has 0 amide bonds. The first-order valence-electron chi connectivity index (χ1n) is 9.75. The van der Waals surface area contributed by atoms with Gasteiger partial charge in [-0.15, -0.1) is 0 Å². The number of Topliss-reactive ketones (excluding diaryl/α,β-unsaturated/α-hetero) is 1. The number of allylic oxidation sites excluding steroid dienone is 3. The van der Waals surface area contributed by atoms with Crippen LogP contribution in [0.5, 0.6) is 0 Å². The summed E-state index contributed by atoms with van der Waals surface area (Å²) in [6, 6.07) is 7.42. The molecule has 1 saturated carbocycles. The number of carbonyl (C=O) groups excluding carboxylic acids is 2. The molecule has 1 atom stereocenters. The molecule has 4 rings (SSSR count). The summed E-state index contributed by atoms with van der Waals surface area (Å²) in [5.74, 6) is -0.584. The molecule has 142 valence electrons. The topological polar surface area (TPSA) is 55.4 Å². The third kappa shape index (κ3) is 3.55. The van der Waals surface area contributed by atoms with Gasteiger partial charge >= 0.3 is 5.97 Å². The molecule has 3 aliphatic rings. The van der Waals surface area contributed by atoms with E-state index in [0.29, 0.717) is 22.6 Å². The summed E-state index contributed by atoms with van der Waals surface area (Å²) >= 11 is 6.06. The lowest BCUT2D eigenvalue weighted by atomic mass is 9.75. The zero-order valence-electron chi connectivity index (χ0n) is 15.5. The van der Waals surface area contributed by atoms with Crippen LogP contribution in [0.4, 0.5) is 0 Å². The predicted molar refractivity (Wildman–Crippen MR) is 104 cm³/mol. The van der Waals surface area contributed by atoms with E-state index in [9.17, 15) is 9.59 Å². The molecule has 0 saturated heterocycles. The summed E-state index contributed by atoms with van der Waals surface area (Å²) in [5.41, 5.74) is 3.90. The minimum Gasteiger partial charge on any atom is -0.459 e. The smallest absolute Gasteiger partial charge is 0.337 e. The Bertz CT molecular complexity index is 832. The van der Waals surface area contributed by atoms with Gasteiger partial charge in [-0.25, -0.2) is 4.79 Å². The Morgan fingerprint density at radius 1 is 1.11 bits per heavy atom. The maximum absolute atomic E-state index is 13.1. The van der Waals surface area contributed by atoms with E-state index >= 15 is 0 Å². The molecular weight excluding hydrogens is 362 g/mol. The number of nitrogens with one attached hydrogen (secondary N) is 1. The minimum atomic E-state index is -0.389. The molecule has 0 spiro atoms. The summed E-state index contributed by atoms with van der Waals surface area (Å²) in [7, 11) is 0. The van der Waals surface area contributed by atoms with E-state index in [-0.39, 0.29) is 23.8 Å². The molecular formula is C22H24ClNO3. The lowest BCUT2D eigenvalue weighted by Gasteiger charge is -2.34. The van der Waals surface area contributed by atoms with Crippen molar-refractivity contribution < 1.29 is 14.3 Å². The fourth-order valence-electron chi connectivity index (χ4n) is 4.46. The van der Waals surface area contributed by atoms with Crippen LogP contribution in [-0.2, 0) is 14.3 Å². The zero-order chi connectivity index (χ0) is 19.0. The molecule has 0 unspecified atom stereocenters. The van der Waals surface area contributed by atoms with Crippen LogP contribution < -0.4 is 5.32 Å². The second-order valence-electron chi connectivity index (χ2n) is 7.63. The van der Waals surface area contributed by atoms with Crippen LogP contribution in [0.15, 0.2) is 46.8 Å². The van der Waals surface area contributed by atoms with Gasteiger partial charge in [0.15, 0.2) is 5.78 Å². The first-order chi connectivity index (χ1) is 13.0. The monoisotopic (exact) mass is 385 g/mol. The van der Waals surface area contributed by atoms with Crippen molar-refractivity contribution in [1.82, 2.24) is 5.32 Å². The molecule has 1 aromatic carbocycles. The lowest BCUT2D eigenvalue weighted by Crippen LogP contribution is -2.35. The predicted octanol–water partition coefficient (Wildman–Crippen LogP) is 4.79. The average molecular weight is 386 g/mol. The number of ketones is 1. The number of carbonyl (C=O) groups is 2. The van der Waals surface area contributed by atoms with Gasteiger partial charge in [-0.1, -0.05) is 23.7 Å². The van der Waals surface area contributed by atoms with Gasteiger partial charge < -0.3 is 10.1 Å². The van der Waals surface area contributed by atoms with Gasteiger partial charge in [-0.2, -0.15) is 0 Å². The molecule has 1 aromatic rings. The van der Waals surface area contributed by atoms with E-state index in [1.807, 2.05) is 31.2 Å². The highest BCUT2D eigenvalue weighted by Crippen LogP contribution is 2.43. The molecule has 5 heteroatoms. The molecule has 1 heterocycles. The van der Waals surface area contributed by atoms with Crippen molar-refractivity contribution in [3.8, 4) is 0 Å². The summed E-state index contributed by atoms with van der Waals surface area (Å²) in [6.07, 6.45) is 6.22. The standard InChI is InChI=1S/C22H24ClNO3/c1-13-19(22(26)27-16-5-2-3-6-16)20(14-9-11-15(23)12-10-14)21-17(24-13)7-4-8-18(21)25/h9-12,16,20,24H,2-8H2,1H3/t20-/m0/s1. The van der Waals surface area contributed by atoms with Crippen LogP contribution in [-0.4, -0.2) is 17.9 Å². The van der Waals surface area contributed by atoms with Gasteiger partial charge in [0.05, 0.1) is 5.57 Å². The van der Waals surface area contributed by atoms with E-state index in [1.54, 1.807) is 0 Å². The number of rotatable bonds is 3. The normalized spacial score (nSPS) is 23.3. The second kappa shape index (κ2) is 7.51. The van der Waals surface area contributed by atoms with Crippen LogP contribution >= 0.6 is 11.6 Å². The summed E-state index contributed by atoms with van der Waals surface area (Å²) < 4.78 is 5.81. The van der Waals surface area contributed by atoms with Crippen LogP contribution in [0, 0.1) is 0 Å². The second-order valence-corrected chi connectivity index (χ2v) is 8.07. The third-order valence-corrected chi connectivity index (χ3v) is 6.03. The van der Waals surface area contributed by atoms with Gasteiger partial charge in [-0.05, 0) is 63.1 Å². The zero-order valence-corrected chi connectivity index (χ0v) is 16.3. The maximum Gasteiger partial charge on any atom is 0.337 e. The molecule has 0 aromatic heterocycles. The molecule has 1 fully saturated rings. The fourth-order valence-corrected chi connectivity index (χ4v) is 4.59. The van der Waals surface area contributed by atoms with Crippen LogP contribution in [0.2, 0.25) is 5.02 Å². The Morgan fingerprint density at radius 3 is 2.52 bits per heavy atom. The Balaban J connectivity index is 1.75. The first-order valence-corrected chi connectivity index (χ1v) is 10.1. The van der Waals surface area contributed by atoms with Gasteiger partial charge in [-0.3, -0.25) is 4.79 Å². The lowest BCUT2D eigenvalue weighted by molar-refractivity contribution is -0.144. The molecule has 4 nitrogen and oxygen atoms in total. The molecule has 0 bridgehead atoms. The van der Waals surface area contributed by atoms with Crippen molar-refractivity contribution in [1.29, 1.82) is 0 Å². The largest absolute Gasteiger partial charge is 0.459 e. The highest BCUT2D eigenvalue weighted by Gasteiger charge is 2.39. The summed E-state index contributed by atoms with van der Waals surface area (Å²) in [5, 5.41) is 3.96. The number of hydrogen-bond acceptors (Lipinski definition) is 4. The number of dihydropyridines is 1. The highest BCUT2D eigenvalue weighted by molar-refractivity contribution is 6.30. The van der Waals surface area contributed by atoms with Crippen LogP contribution in [0.25, 0.3) is 0 Å². The van der Waals surface area contributed by atoms with Crippen molar-refractivity contribution in [3.05, 3.63) is 57.4 Å². The van der Waals surface area contributed by atoms with Gasteiger partial charge in [0, 0.05) is 34.3 Å². The summed E-state index contributed by atoms with van der Waals surface area (Å²) in [4.78, 5) is 25.9. The van der Waals surface area contributed by atoms with E-state index in [0.717, 1.165) is 55.5 Å². The van der Waals surface area contributed by atoms with Gasteiger partial charge in [0.25, 0.3) is 0 Å². The quantitative estimate of drug-likeness (QED) is 0.760. The number of hydrogen-bond donors (Lipinski definition) is 1. The number of benzene rings is 1. The van der Waals surface area contributed by atoms with E-state index in [1.165, 1.54) is 0 Å². The molecule has 27 heavy (non-hydrogen) atoms. The fraction of sp³-hybridized carbons (Fsp3) is 0.455. The van der Waals surface area contributed by atoms with Crippen molar-refractivity contribution in [2.24, 2.45) is 0 Å². The van der Waals surface area contributed by atoms with Crippen molar-refractivity contribution in [2.45, 2.75) is 63.9 Å². The van der Waals surface area contributed by atoms with Crippen LogP contribution in [0.1, 0.15) is 63.4 Å². The van der Waals surface area contributed by atoms with Crippen LogP contribution in [0.3, 0.4) is 0 Å². The van der Waals surface area contributed by atoms with Crippen molar-refractivity contribution in [2.75, 3.05) is 0 Å². The Hall–Kier alpha value is -2.07. The Kier molecular flexibility index (Phi) is 5.09. The third-order valence-electron chi connectivity index (χ3n) is 5.78. The van der Waals surface area contributed by atoms with E-state index < -0.39 is 0 Å². The maximum atomic E-state index is 13.1. The van der Waals surface area contributed by atoms with Gasteiger partial charge in [0.1, 0.15) is 6.10 Å². The number of ether oxygens (including phenoxy) is 1. The highest BCUT2D eigenvalue weighted by atomic mass is 35.5. The first kappa shape index (κ1) is 18.3. The Morgan fingerprint density at radius 2 is 1.81 bits per heavy atom. The van der Waals surface area contributed by atoms with E-state index in [2.05, 4.69) is 5.32 Å². The molecule has 1 aliphatic heterocycles. The van der Waals surface area contributed by atoms with Gasteiger partial charge in [0.2, 0.25) is 0 Å². The Labute approximate surface area is 164 Å². The van der Waals surface area contributed by atoms with E-state index in [4.69, 9.17) is 16.3 Å². The number of halogens is 1. The minimum absolute atomic E-state index is 0.0129. The van der Waals surface area contributed by atoms with Crippen molar-refractivity contribution >= 4 is 23.4 Å². The molecule has 1 N–H and O–H groups in total. The SMILES string of the molecule is CC1=C(C(=O)OC2CCCC2)[C@H](c2ccc(Cl)cc2)C2=C(CCCC2=O)N1. The summed E-state index contributed by atoms with van der Waals surface area (Å²) in [6.45, 7) is 1.90.